The number of carbonyl (C=O) groups excluding carboxylic acids is 2. The minimum Gasteiger partial charge on any atom is -0.456 e. The van der Waals surface area contributed by atoms with E-state index < -0.39 is 20.0 Å². The van der Waals surface area contributed by atoms with Crippen LogP contribution in [0.3, 0.4) is 0 Å². The van der Waals surface area contributed by atoms with Crippen LogP contribution < -0.4 is 5.32 Å². The number of rotatable bonds is 65. The van der Waals surface area contributed by atoms with Crippen LogP contribution in [0.25, 0.3) is 0 Å². The molecule has 0 bridgehead atoms. The number of phosphoric acid groups is 1. The fraction of sp³-hybridized carbons (Fsp3) is 0.942. The van der Waals surface area contributed by atoms with Crippen LogP contribution in [0.4, 0.5) is 0 Å². The monoisotopic (exact) mass is 1140 g/mol. The number of hydrogen-bond acceptors (Lipinski definition) is 6. The Morgan fingerprint density at radius 3 is 1.04 bits per heavy atom. The van der Waals surface area contributed by atoms with Crippen molar-refractivity contribution in [2.45, 2.75) is 380 Å². The van der Waals surface area contributed by atoms with Crippen molar-refractivity contribution in [3.8, 4) is 0 Å². The predicted octanol–water partition coefficient (Wildman–Crippen LogP) is 21.9. The van der Waals surface area contributed by atoms with E-state index in [0.717, 1.165) is 57.8 Å². The van der Waals surface area contributed by atoms with E-state index in [4.69, 9.17) is 13.8 Å². The second-order valence-corrected chi connectivity index (χ2v) is 26.9. The lowest BCUT2D eigenvalue weighted by molar-refractivity contribution is -0.870. The molecule has 0 aromatic rings. The van der Waals surface area contributed by atoms with Crippen LogP contribution >= 0.6 is 7.82 Å². The maximum absolute atomic E-state index is 13.6. The molecule has 3 unspecified atom stereocenters. The minimum atomic E-state index is -4.44. The van der Waals surface area contributed by atoms with Gasteiger partial charge in [-0.2, -0.15) is 0 Å². The van der Waals surface area contributed by atoms with E-state index in [2.05, 4.69) is 32.2 Å². The summed E-state index contributed by atoms with van der Waals surface area (Å²) in [7, 11) is 1.52. The molecule has 0 radical (unpaired) electrons. The molecule has 0 aromatic heterocycles. The molecule has 0 saturated carbocycles. The zero-order chi connectivity index (χ0) is 57.9. The smallest absolute Gasteiger partial charge is 0.456 e. The summed E-state index contributed by atoms with van der Waals surface area (Å²) in [6, 6.07) is -0.840. The quantitative estimate of drug-likeness (QED) is 0.0205. The van der Waals surface area contributed by atoms with Crippen LogP contribution in [0.2, 0.25) is 0 Å². The number of unbranched alkanes of at least 4 members (excludes halogenated alkanes) is 49. The number of amides is 1. The second-order valence-electron chi connectivity index (χ2n) is 25.4. The van der Waals surface area contributed by atoms with Crippen LogP contribution in [0.5, 0.6) is 0 Å². The molecule has 0 spiro atoms. The van der Waals surface area contributed by atoms with Gasteiger partial charge in [-0.1, -0.05) is 335 Å². The van der Waals surface area contributed by atoms with Crippen molar-refractivity contribution in [1.82, 2.24) is 5.32 Å². The summed E-state index contributed by atoms with van der Waals surface area (Å²) in [4.78, 5) is 37.9. The van der Waals surface area contributed by atoms with Gasteiger partial charge in [0.15, 0.2) is 0 Å². The van der Waals surface area contributed by atoms with E-state index in [1.54, 1.807) is 0 Å². The average molecular weight is 1140 g/mol. The molecule has 0 rings (SSSR count). The number of carbonyl (C=O) groups is 2. The highest BCUT2D eigenvalue weighted by molar-refractivity contribution is 7.47. The van der Waals surface area contributed by atoms with Crippen LogP contribution in [0.15, 0.2) is 12.2 Å². The Morgan fingerprint density at radius 1 is 0.430 bits per heavy atom. The molecule has 0 aliphatic heterocycles. The lowest BCUT2D eigenvalue weighted by Gasteiger charge is -2.27. The van der Waals surface area contributed by atoms with Gasteiger partial charge >= 0.3 is 13.8 Å². The van der Waals surface area contributed by atoms with Crippen molar-refractivity contribution < 1.29 is 37.3 Å². The van der Waals surface area contributed by atoms with Crippen LogP contribution in [0, 0.1) is 0 Å². The lowest BCUT2D eigenvalue weighted by Crippen LogP contribution is -2.47. The summed E-state index contributed by atoms with van der Waals surface area (Å²) < 4.78 is 30.8. The zero-order valence-corrected chi connectivity index (χ0v) is 54.8. The fourth-order valence-corrected chi connectivity index (χ4v) is 11.6. The normalized spacial score (nSPS) is 13.6. The highest BCUT2D eigenvalue weighted by Gasteiger charge is 2.30. The first kappa shape index (κ1) is 77.8. The lowest BCUT2D eigenvalue weighted by atomic mass is 10.0. The number of phosphoric ester groups is 1. The highest BCUT2D eigenvalue weighted by Crippen LogP contribution is 2.43. The van der Waals surface area contributed by atoms with Gasteiger partial charge in [0.25, 0.3) is 0 Å². The SMILES string of the molecule is CCCCCCCCCCCCC/C=C\C(OC(=O)CCCCCCCCCCCCCCCCCCCCCCCCC)C(COP(=O)(O)OCC[N+](C)(C)C)NC(=O)CCCCCCCCCCCCCCCCCCC. The fourth-order valence-electron chi connectivity index (χ4n) is 10.8. The van der Waals surface area contributed by atoms with Gasteiger partial charge < -0.3 is 19.4 Å². The third-order valence-electron chi connectivity index (χ3n) is 16.2. The van der Waals surface area contributed by atoms with Crippen molar-refractivity contribution in [3.63, 3.8) is 0 Å². The molecule has 79 heavy (non-hydrogen) atoms. The van der Waals surface area contributed by atoms with E-state index >= 15 is 0 Å². The maximum atomic E-state index is 13.6. The molecule has 0 saturated heterocycles. The Labute approximate surface area is 492 Å². The van der Waals surface area contributed by atoms with Gasteiger partial charge in [0, 0.05) is 12.8 Å². The van der Waals surface area contributed by atoms with E-state index in [1.807, 2.05) is 27.2 Å². The summed E-state index contributed by atoms with van der Waals surface area (Å²) in [5, 5.41) is 3.08. The molecule has 0 aliphatic carbocycles. The number of nitrogens with zero attached hydrogens (tertiary/aromatic N) is 1. The minimum absolute atomic E-state index is 0.0461. The molecule has 0 aliphatic rings. The van der Waals surface area contributed by atoms with E-state index in [0.29, 0.717) is 23.9 Å². The molecule has 2 N–H and O–H groups in total. The number of hydrogen-bond donors (Lipinski definition) is 2. The molecule has 9 nitrogen and oxygen atoms in total. The number of ether oxygens (including phenoxy) is 1. The van der Waals surface area contributed by atoms with E-state index in [1.165, 1.54) is 276 Å². The van der Waals surface area contributed by atoms with Gasteiger partial charge in [-0.25, -0.2) is 4.57 Å². The highest BCUT2D eigenvalue weighted by atomic mass is 31.2. The molecule has 0 fully saturated rings. The number of esters is 1. The van der Waals surface area contributed by atoms with Gasteiger partial charge in [-0.05, 0) is 31.8 Å². The van der Waals surface area contributed by atoms with Crippen LogP contribution in [-0.4, -0.2) is 74.3 Å². The van der Waals surface area contributed by atoms with Crippen molar-refractivity contribution in [3.05, 3.63) is 12.2 Å². The molecular formula is C69H138N2O7P+. The Kier molecular flexibility index (Phi) is 58.9. The maximum Gasteiger partial charge on any atom is 0.472 e. The molecular weight excluding hydrogens is 1000 g/mol. The molecule has 0 heterocycles. The summed E-state index contributed by atoms with van der Waals surface area (Å²) in [6.07, 6.45) is 70.7. The number of allylic oxidation sites excluding steroid dienone is 1. The number of nitrogens with one attached hydrogen (secondary N) is 1. The third-order valence-corrected chi connectivity index (χ3v) is 17.2. The molecule has 3 atom stereocenters. The van der Waals surface area contributed by atoms with Gasteiger partial charge in [-0.15, -0.1) is 0 Å². The largest absolute Gasteiger partial charge is 0.472 e. The molecule has 10 heteroatoms. The van der Waals surface area contributed by atoms with Crippen molar-refractivity contribution in [1.29, 1.82) is 0 Å². The molecule has 470 valence electrons. The van der Waals surface area contributed by atoms with E-state index in [-0.39, 0.29) is 25.1 Å². The first-order valence-electron chi connectivity index (χ1n) is 35.0. The number of quaternary nitrogens is 1. The average Bonchev–Trinajstić information content (AvgIpc) is 3.41. The van der Waals surface area contributed by atoms with Crippen molar-refractivity contribution in [2.24, 2.45) is 0 Å². The van der Waals surface area contributed by atoms with Gasteiger partial charge in [0.05, 0.1) is 33.8 Å². The van der Waals surface area contributed by atoms with Gasteiger partial charge in [0.2, 0.25) is 5.91 Å². The number of likely N-dealkylation sites (N-methyl/N-ethyl adjacent to an activating group) is 1. The Bertz CT molecular complexity index is 1360. The zero-order valence-electron chi connectivity index (χ0n) is 53.9. The molecule has 1 amide bonds. The van der Waals surface area contributed by atoms with Crippen molar-refractivity contribution >= 4 is 19.7 Å². The van der Waals surface area contributed by atoms with Gasteiger partial charge in [-0.3, -0.25) is 18.6 Å². The Hall–Kier alpha value is -1.25. The summed E-state index contributed by atoms with van der Waals surface area (Å²) in [5.74, 6) is -0.477. The summed E-state index contributed by atoms with van der Waals surface area (Å²) in [6.45, 7) is 7.09. The second kappa shape index (κ2) is 59.9. The standard InChI is InChI=1S/C69H137N2O7P/c1-7-10-13-16-19-22-25-28-30-32-33-34-35-36-37-39-41-44-47-50-53-56-59-62-69(73)78-67(60-57-54-51-48-45-42-27-24-21-18-15-12-9-3)66(65-77-79(74,75)76-64-63-71(4,5)6)70-68(72)61-58-55-52-49-46-43-40-38-31-29-26-23-20-17-14-11-8-2/h57,60,66-67H,7-56,58-59,61-65H2,1-6H3,(H-,70,72,74,75)/p+1/b60-57-. The van der Waals surface area contributed by atoms with Crippen LogP contribution in [-0.2, 0) is 27.9 Å². The van der Waals surface area contributed by atoms with Crippen molar-refractivity contribution in [2.75, 3.05) is 40.9 Å². The van der Waals surface area contributed by atoms with E-state index in [9.17, 15) is 19.0 Å². The Balaban J connectivity index is 5.08. The third kappa shape index (κ3) is 61.1. The summed E-state index contributed by atoms with van der Waals surface area (Å²) in [5.41, 5.74) is 0. The topological polar surface area (TPSA) is 111 Å². The van der Waals surface area contributed by atoms with Gasteiger partial charge in [0.1, 0.15) is 19.3 Å². The first-order valence-corrected chi connectivity index (χ1v) is 36.5. The summed E-state index contributed by atoms with van der Waals surface area (Å²) >= 11 is 0. The predicted molar refractivity (Wildman–Crippen MR) is 342 cm³/mol. The molecule has 0 aromatic carbocycles. The first-order chi connectivity index (χ1) is 38.4. The Morgan fingerprint density at radius 2 is 0.722 bits per heavy atom. The van der Waals surface area contributed by atoms with Crippen LogP contribution in [0.1, 0.15) is 367 Å².